The average molecular weight is 389 g/mol. The van der Waals surface area contributed by atoms with Gasteiger partial charge >= 0.3 is 10.2 Å². The molecule has 0 amide bonds. The van der Waals surface area contributed by atoms with Crippen LogP contribution in [-0.2, 0) is 10.2 Å². The molecule has 0 bridgehead atoms. The van der Waals surface area contributed by atoms with Crippen molar-refractivity contribution in [3.63, 3.8) is 0 Å². The third-order valence-electron chi connectivity index (χ3n) is 4.49. The van der Waals surface area contributed by atoms with Gasteiger partial charge in [0.15, 0.2) is 11.6 Å². The van der Waals surface area contributed by atoms with E-state index >= 15 is 0 Å². The number of nitrogens with one attached hydrogen (secondary N) is 2. The minimum Gasteiger partial charge on any atom is -0.345 e. The van der Waals surface area contributed by atoms with Crippen molar-refractivity contribution in [1.29, 1.82) is 0 Å². The van der Waals surface area contributed by atoms with E-state index in [0.717, 1.165) is 12.8 Å². The molecule has 1 aromatic carbocycles. The first-order valence-corrected chi connectivity index (χ1v) is 9.79. The Morgan fingerprint density at radius 1 is 1.22 bits per heavy atom. The molecule has 8 nitrogen and oxygen atoms in total. The summed E-state index contributed by atoms with van der Waals surface area (Å²) in [7, 11) is -3.86. The number of H-pyrrole nitrogens is 1. The molecule has 3 heterocycles. The molecule has 3 aromatic rings. The Morgan fingerprint density at radius 3 is 2.78 bits per heavy atom. The second-order valence-electron chi connectivity index (χ2n) is 6.20. The molecule has 2 N–H and O–H groups in total. The molecule has 140 valence electrons. The lowest BCUT2D eigenvalue weighted by Crippen LogP contribution is -2.33. The van der Waals surface area contributed by atoms with E-state index in [1.54, 1.807) is 0 Å². The van der Waals surface area contributed by atoms with Crippen LogP contribution in [0.5, 0.6) is 0 Å². The number of hydrogen-bond acceptors (Lipinski definition) is 5. The van der Waals surface area contributed by atoms with Crippen LogP contribution in [0.1, 0.15) is 28.8 Å². The molecule has 0 radical (unpaired) electrons. The van der Waals surface area contributed by atoms with Crippen molar-refractivity contribution in [3.8, 4) is 0 Å². The van der Waals surface area contributed by atoms with Gasteiger partial charge in [-0.25, -0.2) is 14.4 Å². The van der Waals surface area contributed by atoms with Crippen LogP contribution in [0, 0.1) is 5.82 Å². The third-order valence-corrected chi connectivity index (χ3v) is 6.01. The van der Waals surface area contributed by atoms with Crippen LogP contribution in [0.15, 0.2) is 36.9 Å². The summed E-state index contributed by atoms with van der Waals surface area (Å²) in [5.74, 6) is -1.51. The second kappa shape index (κ2) is 6.71. The predicted molar refractivity (Wildman–Crippen MR) is 97.1 cm³/mol. The van der Waals surface area contributed by atoms with E-state index in [4.69, 9.17) is 0 Å². The number of nitrogens with zero attached hydrogens (tertiary/aromatic N) is 3. The molecular weight excluding hydrogens is 373 g/mol. The van der Waals surface area contributed by atoms with Gasteiger partial charge in [-0.15, -0.1) is 0 Å². The molecule has 10 heteroatoms. The average Bonchev–Trinajstić information content (AvgIpc) is 3.33. The molecule has 1 saturated heterocycles. The van der Waals surface area contributed by atoms with Gasteiger partial charge in [-0.3, -0.25) is 9.52 Å². The zero-order chi connectivity index (χ0) is 19.0. The maximum atomic E-state index is 14.9. The lowest BCUT2D eigenvalue weighted by Gasteiger charge is -2.17. The van der Waals surface area contributed by atoms with Crippen molar-refractivity contribution in [2.45, 2.75) is 12.8 Å². The Morgan fingerprint density at radius 2 is 2.00 bits per heavy atom. The molecule has 0 unspecified atom stereocenters. The van der Waals surface area contributed by atoms with E-state index in [0.29, 0.717) is 24.1 Å². The van der Waals surface area contributed by atoms with Crippen LogP contribution < -0.4 is 4.72 Å². The quantitative estimate of drug-likeness (QED) is 0.650. The summed E-state index contributed by atoms with van der Waals surface area (Å²) in [6.07, 6.45) is 5.77. The van der Waals surface area contributed by atoms with E-state index in [9.17, 15) is 17.6 Å². The number of aromatic nitrogens is 3. The second-order valence-corrected chi connectivity index (χ2v) is 7.87. The fourth-order valence-corrected chi connectivity index (χ4v) is 4.41. The number of benzene rings is 1. The minimum atomic E-state index is -3.86. The lowest BCUT2D eigenvalue weighted by atomic mass is 10.0. The predicted octanol–water partition coefficient (Wildman–Crippen LogP) is 2.08. The maximum Gasteiger partial charge on any atom is 0.301 e. The Balaban J connectivity index is 1.68. The van der Waals surface area contributed by atoms with E-state index in [2.05, 4.69) is 19.7 Å². The minimum absolute atomic E-state index is 0.212. The first-order valence-electron chi connectivity index (χ1n) is 8.35. The zero-order valence-electron chi connectivity index (χ0n) is 14.1. The molecule has 4 rings (SSSR count). The Labute approximate surface area is 154 Å². The van der Waals surface area contributed by atoms with Crippen molar-refractivity contribution in [1.82, 2.24) is 19.3 Å². The van der Waals surface area contributed by atoms with Gasteiger partial charge in [0.2, 0.25) is 0 Å². The van der Waals surface area contributed by atoms with Crippen LogP contribution in [0.2, 0.25) is 0 Å². The number of carbonyl (C=O) groups is 1. The van der Waals surface area contributed by atoms with E-state index < -0.39 is 21.8 Å². The van der Waals surface area contributed by atoms with E-state index in [-0.39, 0.29) is 16.8 Å². The summed E-state index contributed by atoms with van der Waals surface area (Å²) in [6, 6.07) is 4.04. The molecule has 0 spiro atoms. The van der Waals surface area contributed by atoms with Gasteiger partial charge in [-0.1, -0.05) is 6.07 Å². The normalized spacial score (nSPS) is 15.3. The molecular formula is C17H16FN5O3S. The first-order chi connectivity index (χ1) is 13.0. The summed E-state index contributed by atoms with van der Waals surface area (Å²) in [6.45, 7) is 0.788. The highest BCUT2D eigenvalue weighted by Gasteiger charge is 2.27. The molecule has 1 aliphatic heterocycles. The number of anilines is 1. The van der Waals surface area contributed by atoms with Crippen molar-refractivity contribution < 1.29 is 17.6 Å². The fraction of sp³-hybridized carbons (Fsp3) is 0.235. The van der Waals surface area contributed by atoms with Crippen LogP contribution in [0.25, 0.3) is 11.0 Å². The van der Waals surface area contributed by atoms with Gasteiger partial charge in [0.25, 0.3) is 0 Å². The molecule has 1 aliphatic rings. The number of ketones is 1. The zero-order valence-corrected chi connectivity index (χ0v) is 15.0. The van der Waals surface area contributed by atoms with Gasteiger partial charge in [0.1, 0.15) is 12.0 Å². The number of aromatic amines is 1. The smallest absolute Gasteiger partial charge is 0.301 e. The molecule has 0 saturated carbocycles. The monoisotopic (exact) mass is 389 g/mol. The van der Waals surface area contributed by atoms with Crippen LogP contribution >= 0.6 is 0 Å². The Bertz CT molecular complexity index is 1120. The van der Waals surface area contributed by atoms with Gasteiger partial charge in [0.05, 0.1) is 16.8 Å². The Kier molecular flexibility index (Phi) is 4.36. The van der Waals surface area contributed by atoms with E-state index in [1.165, 1.54) is 41.2 Å². The van der Waals surface area contributed by atoms with E-state index in [1.807, 2.05) is 0 Å². The van der Waals surface area contributed by atoms with Gasteiger partial charge in [-0.05, 0) is 25.0 Å². The molecule has 27 heavy (non-hydrogen) atoms. The largest absolute Gasteiger partial charge is 0.345 e. The van der Waals surface area contributed by atoms with Gasteiger partial charge in [0, 0.05) is 30.9 Å². The van der Waals surface area contributed by atoms with Crippen LogP contribution in [-0.4, -0.2) is 46.5 Å². The highest BCUT2D eigenvalue weighted by molar-refractivity contribution is 7.90. The lowest BCUT2D eigenvalue weighted by molar-refractivity contribution is 0.103. The van der Waals surface area contributed by atoms with Crippen molar-refractivity contribution in [3.05, 3.63) is 53.9 Å². The molecule has 0 atom stereocenters. The standard InChI is InChI=1S/C17H16FN5O3S/c18-15-11(16(24)12-9-20-17-13(12)8-19-10-21-17)4-3-5-14(15)22-27(25,26)23-6-1-2-7-23/h3-5,8-10,22H,1-2,6-7H2,(H,19,20,21). The van der Waals surface area contributed by atoms with Crippen molar-refractivity contribution in [2.24, 2.45) is 0 Å². The summed E-state index contributed by atoms with van der Waals surface area (Å²) in [4.78, 5) is 23.5. The Hall–Kier alpha value is -2.85. The molecule has 2 aromatic heterocycles. The van der Waals surface area contributed by atoms with Crippen LogP contribution in [0.4, 0.5) is 10.1 Å². The highest BCUT2D eigenvalue weighted by Crippen LogP contribution is 2.25. The number of carbonyl (C=O) groups excluding carboxylic acids is 1. The number of fused-ring (bicyclic) bond motifs is 1. The number of hydrogen-bond donors (Lipinski definition) is 2. The summed E-state index contributed by atoms with van der Waals surface area (Å²) < 4.78 is 43.2. The van der Waals surface area contributed by atoms with Gasteiger partial charge in [-0.2, -0.15) is 12.7 Å². The molecule has 0 aliphatic carbocycles. The topological polar surface area (TPSA) is 108 Å². The highest BCUT2D eigenvalue weighted by atomic mass is 32.2. The third kappa shape index (κ3) is 3.17. The summed E-state index contributed by atoms with van der Waals surface area (Å²) in [5, 5.41) is 0.463. The SMILES string of the molecule is O=C(c1cccc(NS(=O)(=O)N2CCCC2)c1F)c1c[nH]c2ncncc12. The number of halogens is 1. The first kappa shape index (κ1) is 17.6. The summed E-state index contributed by atoms with van der Waals surface area (Å²) in [5.41, 5.74) is 0.175. The fourth-order valence-electron chi connectivity index (χ4n) is 3.11. The van der Waals surface area contributed by atoms with Crippen LogP contribution in [0.3, 0.4) is 0 Å². The van der Waals surface area contributed by atoms with Crippen molar-refractivity contribution in [2.75, 3.05) is 17.8 Å². The maximum absolute atomic E-state index is 14.9. The summed E-state index contributed by atoms with van der Waals surface area (Å²) >= 11 is 0. The molecule has 1 fully saturated rings. The number of rotatable bonds is 5. The van der Waals surface area contributed by atoms with Gasteiger partial charge < -0.3 is 4.98 Å². The van der Waals surface area contributed by atoms with Crippen molar-refractivity contribution >= 4 is 32.7 Å².